The van der Waals surface area contributed by atoms with E-state index in [1.54, 1.807) is 0 Å². The van der Waals surface area contributed by atoms with Crippen molar-refractivity contribution < 1.29 is 14.3 Å². The number of hydrogen-bond acceptors (Lipinski definition) is 4. The number of hydrogen-bond donors (Lipinski definition) is 1. The largest absolute Gasteiger partial charge is 0.375 e. The maximum Gasteiger partial charge on any atom is 0.119 e. The maximum atomic E-state index is 10.3. The van der Waals surface area contributed by atoms with Gasteiger partial charge in [0.15, 0.2) is 0 Å². The molecule has 114 valence electrons. The van der Waals surface area contributed by atoms with Crippen molar-refractivity contribution in [1.82, 2.24) is 5.32 Å². The second-order valence-corrected chi connectivity index (χ2v) is 6.13. The molecule has 0 aliphatic rings. The molecule has 19 heavy (non-hydrogen) atoms. The highest BCUT2D eigenvalue weighted by Crippen LogP contribution is 2.20. The predicted octanol–water partition coefficient (Wildman–Crippen LogP) is 2.56. The molecule has 0 heterocycles. The van der Waals surface area contributed by atoms with Gasteiger partial charge in [0.25, 0.3) is 0 Å². The van der Waals surface area contributed by atoms with Crippen molar-refractivity contribution >= 4 is 6.29 Å². The summed E-state index contributed by atoms with van der Waals surface area (Å²) < 4.78 is 11.7. The van der Waals surface area contributed by atoms with Gasteiger partial charge in [0.2, 0.25) is 0 Å². The van der Waals surface area contributed by atoms with Crippen LogP contribution < -0.4 is 5.32 Å². The Kier molecular flexibility index (Phi) is 9.23. The lowest BCUT2D eigenvalue weighted by atomic mass is 10.0. The van der Waals surface area contributed by atoms with Gasteiger partial charge in [-0.05, 0) is 54.0 Å². The highest BCUT2D eigenvalue weighted by atomic mass is 16.5. The molecular formula is C15H31NO3. The molecule has 0 aliphatic carbocycles. The van der Waals surface area contributed by atoms with E-state index in [1.165, 1.54) is 0 Å². The number of likely N-dealkylation sites (N-methyl/N-ethyl adjacent to an activating group) is 1. The smallest absolute Gasteiger partial charge is 0.119 e. The van der Waals surface area contributed by atoms with Crippen molar-refractivity contribution in [2.45, 2.75) is 64.6 Å². The van der Waals surface area contributed by atoms with Crippen molar-refractivity contribution in [2.75, 3.05) is 26.8 Å². The standard InChI is InChI=1S/C15H31NO3/c1-14(2,8-6-7-11-17)18-12-9-15(3,4)19-13-10-16-5/h11,16H,6-10,12-13H2,1-5H3. The molecule has 0 unspecified atom stereocenters. The average molecular weight is 273 g/mol. The molecular weight excluding hydrogens is 242 g/mol. The van der Waals surface area contributed by atoms with Gasteiger partial charge in [-0.15, -0.1) is 0 Å². The Morgan fingerprint density at radius 3 is 2.16 bits per heavy atom. The van der Waals surface area contributed by atoms with Crippen molar-refractivity contribution in [1.29, 1.82) is 0 Å². The number of carbonyl (C=O) groups is 1. The third-order valence-corrected chi connectivity index (χ3v) is 3.14. The van der Waals surface area contributed by atoms with Gasteiger partial charge < -0.3 is 19.6 Å². The summed E-state index contributed by atoms with van der Waals surface area (Å²) in [7, 11) is 1.92. The minimum Gasteiger partial charge on any atom is -0.375 e. The van der Waals surface area contributed by atoms with Crippen LogP contribution in [-0.2, 0) is 14.3 Å². The van der Waals surface area contributed by atoms with Crippen molar-refractivity contribution in [3.05, 3.63) is 0 Å². The van der Waals surface area contributed by atoms with Gasteiger partial charge in [-0.3, -0.25) is 0 Å². The third kappa shape index (κ3) is 11.1. The Morgan fingerprint density at radius 2 is 1.58 bits per heavy atom. The van der Waals surface area contributed by atoms with E-state index in [2.05, 4.69) is 33.0 Å². The molecule has 0 aromatic rings. The van der Waals surface area contributed by atoms with E-state index in [0.29, 0.717) is 19.6 Å². The van der Waals surface area contributed by atoms with E-state index < -0.39 is 0 Å². The molecule has 0 aromatic heterocycles. The average Bonchev–Trinajstić information content (AvgIpc) is 2.28. The van der Waals surface area contributed by atoms with Crippen LogP contribution in [0.5, 0.6) is 0 Å². The van der Waals surface area contributed by atoms with Gasteiger partial charge in [0, 0.05) is 13.0 Å². The predicted molar refractivity (Wildman–Crippen MR) is 78.5 cm³/mol. The molecule has 0 atom stereocenters. The molecule has 4 nitrogen and oxygen atoms in total. The first kappa shape index (κ1) is 18.6. The quantitative estimate of drug-likeness (QED) is 0.438. The van der Waals surface area contributed by atoms with Gasteiger partial charge in [0.1, 0.15) is 6.29 Å². The van der Waals surface area contributed by atoms with Gasteiger partial charge in [-0.2, -0.15) is 0 Å². The van der Waals surface area contributed by atoms with Crippen LogP contribution in [0.25, 0.3) is 0 Å². The molecule has 0 aliphatic heterocycles. The van der Waals surface area contributed by atoms with Crippen LogP contribution in [0, 0.1) is 0 Å². The number of rotatable bonds is 12. The zero-order valence-corrected chi connectivity index (χ0v) is 13.3. The van der Waals surface area contributed by atoms with Crippen molar-refractivity contribution in [3.63, 3.8) is 0 Å². The number of unbranched alkanes of at least 4 members (excludes halogenated alkanes) is 1. The van der Waals surface area contributed by atoms with Crippen LogP contribution in [-0.4, -0.2) is 44.3 Å². The monoisotopic (exact) mass is 273 g/mol. The lowest BCUT2D eigenvalue weighted by Crippen LogP contribution is -2.32. The Morgan fingerprint density at radius 1 is 1.00 bits per heavy atom. The van der Waals surface area contributed by atoms with Crippen LogP contribution >= 0.6 is 0 Å². The van der Waals surface area contributed by atoms with Gasteiger partial charge in [0.05, 0.1) is 24.4 Å². The highest BCUT2D eigenvalue weighted by Gasteiger charge is 2.22. The topological polar surface area (TPSA) is 47.6 Å². The van der Waals surface area contributed by atoms with Crippen molar-refractivity contribution in [2.24, 2.45) is 0 Å². The fourth-order valence-corrected chi connectivity index (χ4v) is 1.76. The maximum absolute atomic E-state index is 10.3. The van der Waals surface area contributed by atoms with Gasteiger partial charge in [-0.25, -0.2) is 0 Å². The molecule has 0 saturated carbocycles. The fourth-order valence-electron chi connectivity index (χ4n) is 1.76. The molecule has 0 fully saturated rings. The minimum atomic E-state index is -0.163. The summed E-state index contributed by atoms with van der Waals surface area (Å²) in [6.07, 6.45) is 4.25. The Labute approximate surface area is 118 Å². The zero-order valence-electron chi connectivity index (χ0n) is 13.3. The summed E-state index contributed by atoms with van der Waals surface area (Å²) in [4.78, 5) is 10.3. The number of carbonyl (C=O) groups excluding carboxylic acids is 1. The van der Waals surface area contributed by atoms with Crippen LogP contribution in [0.3, 0.4) is 0 Å². The second-order valence-electron chi connectivity index (χ2n) is 6.13. The molecule has 0 saturated heterocycles. The molecule has 0 amide bonds. The number of ether oxygens (including phenoxy) is 2. The van der Waals surface area contributed by atoms with E-state index in [9.17, 15) is 4.79 Å². The fraction of sp³-hybridized carbons (Fsp3) is 0.933. The summed E-state index contributed by atoms with van der Waals surface area (Å²) in [5.41, 5.74) is -0.320. The lowest BCUT2D eigenvalue weighted by Gasteiger charge is -2.29. The molecule has 1 N–H and O–H groups in total. The van der Waals surface area contributed by atoms with Gasteiger partial charge in [-0.1, -0.05) is 0 Å². The molecule has 0 spiro atoms. The van der Waals surface area contributed by atoms with Crippen molar-refractivity contribution in [3.8, 4) is 0 Å². The third-order valence-electron chi connectivity index (χ3n) is 3.14. The van der Waals surface area contributed by atoms with Crippen LogP contribution in [0.2, 0.25) is 0 Å². The van der Waals surface area contributed by atoms with E-state index in [1.807, 2.05) is 7.05 Å². The van der Waals surface area contributed by atoms with E-state index >= 15 is 0 Å². The van der Waals surface area contributed by atoms with E-state index in [4.69, 9.17) is 9.47 Å². The molecule has 0 aromatic carbocycles. The minimum absolute atomic E-state index is 0.157. The first-order valence-electron chi connectivity index (χ1n) is 7.19. The highest BCUT2D eigenvalue weighted by molar-refractivity contribution is 5.48. The number of nitrogens with one attached hydrogen (secondary N) is 1. The lowest BCUT2D eigenvalue weighted by molar-refractivity contribution is -0.108. The normalized spacial score (nSPS) is 12.7. The summed E-state index contributed by atoms with van der Waals surface area (Å²) in [5, 5.41) is 3.06. The van der Waals surface area contributed by atoms with E-state index in [0.717, 1.165) is 32.1 Å². The zero-order chi connectivity index (χ0) is 14.8. The number of aldehydes is 1. The SMILES string of the molecule is CNCCOC(C)(C)CCOC(C)(C)CCCC=O. The van der Waals surface area contributed by atoms with Crippen LogP contribution in [0.1, 0.15) is 53.4 Å². The van der Waals surface area contributed by atoms with Crippen LogP contribution in [0.4, 0.5) is 0 Å². The Balaban J connectivity index is 3.82. The molecule has 0 radical (unpaired) electrons. The first-order chi connectivity index (χ1) is 8.83. The van der Waals surface area contributed by atoms with Crippen LogP contribution in [0.15, 0.2) is 0 Å². The summed E-state index contributed by atoms with van der Waals surface area (Å²) in [6.45, 7) is 10.6. The summed E-state index contributed by atoms with van der Waals surface area (Å²) in [6, 6.07) is 0. The molecule has 4 heteroatoms. The van der Waals surface area contributed by atoms with Gasteiger partial charge >= 0.3 is 0 Å². The first-order valence-corrected chi connectivity index (χ1v) is 7.19. The molecule has 0 rings (SSSR count). The summed E-state index contributed by atoms with van der Waals surface area (Å²) in [5.74, 6) is 0. The van der Waals surface area contributed by atoms with E-state index in [-0.39, 0.29) is 11.2 Å². The second kappa shape index (κ2) is 9.45. The summed E-state index contributed by atoms with van der Waals surface area (Å²) >= 11 is 0. The Hall–Kier alpha value is -0.450. The molecule has 0 bridgehead atoms. The Bertz CT molecular complexity index is 240.